The van der Waals surface area contributed by atoms with Crippen LogP contribution in [0, 0.1) is 5.92 Å². The molecule has 234 valence electrons. The van der Waals surface area contributed by atoms with Gasteiger partial charge in [-0.3, -0.25) is 0 Å². The van der Waals surface area contributed by atoms with Crippen molar-refractivity contribution in [3.05, 3.63) is 106 Å². The van der Waals surface area contributed by atoms with Crippen molar-refractivity contribution in [1.82, 2.24) is 0 Å². The molecule has 0 aromatic heterocycles. The molecule has 0 spiro atoms. The Morgan fingerprint density at radius 3 is 2.07 bits per heavy atom. The summed E-state index contributed by atoms with van der Waals surface area (Å²) in [6.45, 7) is 20.9. The molecule has 4 aromatic carbocycles. The average molecular weight is 731 g/mol. The number of aryl methyl sites for hydroxylation is 1. The molecule has 0 fully saturated rings. The van der Waals surface area contributed by atoms with Crippen LogP contribution in [0.4, 0.5) is 0 Å². The van der Waals surface area contributed by atoms with E-state index >= 15 is 0 Å². The van der Waals surface area contributed by atoms with Crippen molar-refractivity contribution in [3.8, 4) is 22.3 Å². The van der Waals surface area contributed by atoms with Gasteiger partial charge in [-0.2, -0.15) is 0 Å². The average Bonchev–Trinajstić information content (AvgIpc) is 3.53. The third-order valence-electron chi connectivity index (χ3n) is 9.93. The molecule has 1 unspecified atom stereocenters. The third-order valence-corrected chi connectivity index (χ3v) is 24.3. The molecule has 2 aliphatic rings. The van der Waals surface area contributed by atoms with E-state index in [0.717, 1.165) is 12.8 Å². The van der Waals surface area contributed by atoms with Gasteiger partial charge in [0, 0.05) is 0 Å². The fraction of sp³-hybridized carbons (Fsp3) is 0.366. The van der Waals surface area contributed by atoms with Crippen LogP contribution in [-0.4, -0.2) is 9.52 Å². The van der Waals surface area contributed by atoms with Gasteiger partial charge in [-0.05, 0) is 0 Å². The summed E-state index contributed by atoms with van der Waals surface area (Å²) in [6, 6.07) is 27.8. The summed E-state index contributed by atoms with van der Waals surface area (Å²) in [6.07, 6.45) is 4.51. The van der Waals surface area contributed by atoms with Crippen LogP contribution in [0.2, 0.25) is 0 Å². The van der Waals surface area contributed by atoms with Crippen LogP contribution in [0.25, 0.3) is 28.3 Å². The Morgan fingerprint density at radius 1 is 0.800 bits per heavy atom. The van der Waals surface area contributed by atoms with Crippen LogP contribution in [0.5, 0.6) is 0 Å². The van der Waals surface area contributed by atoms with Gasteiger partial charge in [-0.15, -0.1) is 0 Å². The summed E-state index contributed by atoms with van der Waals surface area (Å²) in [5.74, 6) is 0.523. The first kappa shape index (κ1) is 33.2. The second kappa shape index (κ2) is 12.1. The Kier molecular flexibility index (Phi) is 8.91. The van der Waals surface area contributed by atoms with Gasteiger partial charge in [0.15, 0.2) is 0 Å². The van der Waals surface area contributed by atoms with Crippen LogP contribution in [0.15, 0.2) is 78.4 Å². The second-order valence-electron chi connectivity index (χ2n) is 15.8. The summed E-state index contributed by atoms with van der Waals surface area (Å²) in [7, 11) is 15.4. The molecule has 1 aliphatic heterocycles. The summed E-state index contributed by atoms with van der Waals surface area (Å²) >= 11 is -4.05. The van der Waals surface area contributed by atoms with Crippen molar-refractivity contribution in [2.45, 2.75) is 89.6 Å². The van der Waals surface area contributed by atoms with E-state index in [9.17, 15) is 0 Å². The monoisotopic (exact) mass is 728 g/mol. The van der Waals surface area contributed by atoms with Gasteiger partial charge in [-0.1, -0.05) is 0 Å². The number of fused-ring (bicyclic) bond motifs is 4. The number of rotatable bonds is 6. The Hall–Kier alpha value is -1.70. The molecule has 0 bridgehead atoms. The fourth-order valence-corrected chi connectivity index (χ4v) is 24.3. The summed E-state index contributed by atoms with van der Waals surface area (Å²) in [4.78, 5) is 0. The maximum atomic E-state index is 8.00. The third kappa shape index (κ3) is 6.08. The zero-order valence-electron chi connectivity index (χ0n) is 28.5. The predicted octanol–water partition coefficient (Wildman–Crippen LogP) is 9.88. The van der Waals surface area contributed by atoms with Crippen molar-refractivity contribution < 1.29 is 17.9 Å². The van der Waals surface area contributed by atoms with Crippen molar-refractivity contribution in [1.29, 1.82) is 0 Å². The summed E-state index contributed by atoms with van der Waals surface area (Å²) in [5, 5.41) is 3.01. The van der Waals surface area contributed by atoms with Gasteiger partial charge in [0.1, 0.15) is 0 Å². The van der Waals surface area contributed by atoms with E-state index in [1.54, 1.807) is 0 Å². The number of benzene rings is 4. The van der Waals surface area contributed by atoms with Gasteiger partial charge in [0.25, 0.3) is 0 Å². The first-order valence-corrected chi connectivity index (χ1v) is 27.1. The molecule has 0 amide bonds. The van der Waals surface area contributed by atoms with E-state index < -0.39 is 27.4 Å². The number of hydrogen-bond donors (Lipinski definition) is 0. The molecule has 0 saturated carbocycles. The van der Waals surface area contributed by atoms with Crippen molar-refractivity contribution in [2.24, 2.45) is 5.92 Å². The standard InChI is InChI=1S/C29H39.C12H9Si.2ClH.Zr/c1-10-21-11-12-22-14-20(13-19(2)3)15-26(22)27(21)23-16-24(28(4,5)6)18-25(17-23)29(7,8)9;1-3-7-11-9(5-1)10-6-2-4-8-12(10)13-11;;;/h11-12,14-19H,10,13H2,1-9H3;1-7H,13H2;2*1H;/q;;;;+2/p-2. The van der Waals surface area contributed by atoms with E-state index in [-0.39, 0.29) is 14.5 Å². The van der Waals surface area contributed by atoms with Gasteiger partial charge >= 0.3 is 288 Å². The van der Waals surface area contributed by atoms with Gasteiger partial charge < -0.3 is 0 Å². The minimum atomic E-state index is -4.05. The molecular weight excluding hydrogens is 683 g/mol. The molecule has 6 rings (SSSR count). The van der Waals surface area contributed by atoms with Gasteiger partial charge in [-0.25, -0.2) is 0 Å². The molecule has 45 heavy (non-hydrogen) atoms. The van der Waals surface area contributed by atoms with E-state index in [1.807, 2.05) is 0 Å². The topological polar surface area (TPSA) is 0 Å². The van der Waals surface area contributed by atoms with Crippen molar-refractivity contribution in [3.63, 3.8) is 0 Å². The van der Waals surface area contributed by atoms with E-state index in [0.29, 0.717) is 5.92 Å². The normalized spacial score (nSPS) is 16.6. The first-order valence-electron chi connectivity index (χ1n) is 16.7. The summed E-state index contributed by atoms with van der Waals surface area (Å²) < 4.78 is 1.41. The molecule has 4 aromatic rings. The van der Waals surface area contributed by atoms with Crippen LogP contribution in [0.3, 0.4) is 0 Å². The Balaban J connectivity index is 1.58. The minimum absolute atomic E-state index is 0.0502. The van der Waals surface area contributed by atoms with Crippen molar-refractivity contribution >= 4 is 46.3 Å². The van der Waals surface area contributed by atoms with E-state index in [2.05, 4.69) is 141 Å². The molecule has 1 aliphatic carbocycles. The second-order valence-corrected chi connectivity index (χ2v) is 31.6. The molecule has 4 heteroatoms. The van der Waals surface area contributed by atoms with E-state index in [4.69, 9.17) is 17.0 Å². The van der Waals surface area contributed by atoms with Crippen LogP contribution in [-0.2, 0) is 35.1 Å². The number of allylic oxidation sites excluding steroid dienone is 1. The molecule has 0 radical (unpaired) electrons. The Morgan fingerprint density at radius 2 is 1.44 bits per heavy atom. The molecule has 0 nitrogen and oxygen atoms in total. The SMILES string of the molecule is CCc1ccc2c(c1-c1cc(C(C)(C)C)cc(C(C)(C)C)c1)C=C(CC(C)C)[CH]2[Zr]([Cl])([Cl])[c]1cccc2c1[SiH2]c1ccccc1-2. The molecule has 0 N–H and O–H groups in total. The maximum absolute atomic E-state index is 8.00. The molecular formula is C41H48Cl2SiZr. The Bertz CT molecular complexity index is 1780. The van der Waals surface area contributed by atoms with Gasteiger partial charge in [0.05, 0.1) is 0 Å². The first-order chi connectivity index (χ1) is 21.1. The van der Waals surface area contributed by atoms with Crippen LogP contribution < -0.4 is 13.6 Å². The van der Waals surface area contributed by atoms with Crippen LogP contribution >= 0.6 is 17.0 Å². The quantitative estimate of drug-likeness (QED) is 0.153. The number of hydrogen-bond acceptors (Lipinski definition) is 0. The zero-order valence-corrected chi connectivity index (χ0v) is 33.9. The summed E-state index contributed by atoms with van der Waals surface area (Å²) in [5.41, 5.74) is 13.9. The predicted molar refractivity (Wildman–Crippen MR) is 200 cm³/mol. The van der Waals surface area contributed by atoms with E-state index in [1.165, 1.54) is 69.3 Å². The van der Waals surface area contributed by atoms with Crippen molar-refractivity contribution in [2.75, 3.05) is 0 Å². The fourth-order valence-electron chi connectivity index (χ4n) is 7.53. The van der Waals surface area contributed by atoms with Gasteiger partial charge in [0.2, 0.25) is 0 Å². The zero-order chi connectivity index (χ0) is 32.5. The Labute approximate surface area is 286 Å². The molecule has 1 heterocycles. The van der Waals surface area contributed by atoms with Crippen LogP contribution in [0.1, 0.15) is 100 Å². The number of halogens is 2. The molecule has 0 saturated heterocycles. The molecule has 1 atom stereocenters.